The van der Waals surface area contributed by atoms with Gasteiger partial charge in [0.15, 0.2) is 0 Å². The smallest absolute Gasteiger partial charge is 0.379 e. The molecule has 114 valence electrons. The number of nitrogens with zero attached hydrogens (tertiary/aromatic N) is 3. The van der Waals surface area contributed by atoms with E-state index in [-0.39, 0.29) is 13.2 Å². The first-order valence-corrected chi connectivity index (χ1v) is 7.59. The topological polar surface area (TPSA) is 130 Å². The van der Waals surface area contributed by atoms with Crippen LogP contribution >= 0.6 is 0 Å². The summed E-state index contributed by atoms with van der Waals surface area (Å²) in [7, 11) is -4.17. The minimum Gasteiger partial charge on any atom is -0.379 e. The molecule has 1 heterocycles. The number of ether oxygens (including phenoxy) is 1. The lowest BCUT2D eigenvalue weighted by molar-refractivity contribution is -0.392. The molecular formula is C10H18N4O5S. The number of rotatable bonds is 8. The van der Waals surface area contributed by atoms with Crippen molar-refractivity contribution >= 4 is 15.8 Å². The van der Waals surface area contributed by atoms with Gasteiger partial charge in [-0.1, -0.05) is 13.8 Å². The van der Waals surface area contributed by atoms with E-state index in [2.05, 4.69) is 18.9 Å². The molecule has 1 rings (SSSR count). The van der Waals surface area contributed by atoms with Crippen LogP contribution in [0.3, 0.4) is 0 Å². The standard InChI is InChI=1S/C10H18N4O5S/c1-8(2)3-5-19-6-4-13-7-9(20(11,17)18)10(12-13)14(15)16/h7-8H,3-6H2,1-2H3,(H2,11,17,18). The Kier molecular flexibility index (Phi) is 5.60. The molecule has 0 radical (unpaired) electrons. The quantitative estimate of drug-likeness (QED) is 0.423. The molecule has 0 fully saturated rings. The van der Waals surface area contributed by atoms with Gasteiger partial charge in [0.2, 0.25) is 14.9 Å². The molecule has 0 aliphatic heterocycles. The first-order chi connectivity index (χ1) is 9.21. The second-order valence-corrected chi connectivity index (χ2v) is 6.21. The Balaban J connectivity index is 2.66. The van der Waals surface area contributed by atoms with Gasteiger partial charge in [-0.15, -0.1) is 0 Å². The average Bonchev–Trinajstić information content (AvgIpc) is 2.72. The lowest BCUT2D eigenvalue weighted by Crippen LogP contribution is -2.13. The third kappa shape index (κ3) is 4.87. The van der Waals surface area contributed by atoms with E-state index in [1.54, 1.807) is 0 Å². The van der Waals surface area contributed by atoms with Crippen molar-refractivity contribution in [1.82, 2.24) is 9.78 Å². The summed E-state index contributed by atoms with van der Waals surface area (Å²) < 4.78 is 28.9. The van der Waals surface area contributed by atoms with Crippen molar-refractivity contribution in [3.63, 3.8) is 0 Å². The highest BCUT2D eigenvalue weighted by Crippen LogP contribution is 2.19. The van der Waals surface area contributed by atoms with Crippen LogP contribution in [0, 0.1) is 16.0 Å². The lowest BCUT2D eigenvalue weighted by Gasteiger charge is -2.04. The highest BCUT2D eigenvalue weighted by atomic mass is 32.2. The number of nitro groups is 1. The summed E-state index contributed by atoms with van der Waals surface area (Å²) >= 11 is 0. The maximum atomic E-state index is 11.2. The molecular weight excluding hydrogens is 288 g/mol. The molecule has 0 amide bonds. The van der Waals surface area contributed by atoms with Gasteiger partial charge in [-0.25, -0.2) is 13.6 Å². The van der Waals surface area contributed by atoms with Crippen LogP contribution in [0.15, 0.2) is 11.1 Å². The first kappa shape index (κ1) is 16.5. The SMILES string of the molecule is CC(C)CCOCCn1cc(S(N)(=O)=O)c([N+](=O)[O-])n1. The van der Waals surface area contributed by atoms with Gasteiger partial charge in [0.1, 0.15) is 0 Å². The molecule has 1 aromatic heterocycles. The molecule has 2 N–H and O–H groups in total. The lowest BCUT2D eigenvalue weighted by atomic mass is 10.1. The van der Waals surface area contributed by atoms with Gasteiger partial charge in [-0.3, -0.25) is 0 Å². The molecule has 9 nitrogen and oxygen atoms in total. The molecule has 0 saturated heterocycles. The zero-order chi connectivity index (χ0) is 15.3. The number of hydrogen-bond donors (Lipinski definition) is 1. The molecule has 10 heteroatoms. The molecule has 0 aromatic carbocycles. The fraction of sp³-hybridized carbons (Fsp3) is 0.700. The van der Waals surface area contributed by atoms with Crippen LogP contribution in [0.25, 0.3) is 0 Å². The van der Waals surface area contributed by atoms with Crippen molar-refractivity contribution in [1.29, 1.82) is 0 Å². The van der Waals surface area contributed by atoms with Crippen LogP contribution in [0.2, 0.25) is 0 Å². The Labute approximate surface area is 116 Å². The van der Waals surface area contributed by atoms with Crippen LogP contribution in [0.4, 0.5) is 5.82 Å². The maximum Gasteiger partial charge on any atom is 0.410 e. The normalized spacial score (nSPS) is 12.0. The van der Waals surface area contributed by atoms with E-state index in [0.29, 0.717) is 12.5 Å². The van der Waals surface area contributed by atoms with Crippen LogP contribution in [0.1, 0.15) is 20.3 Å². The van der Waals surface area contributed by atoms with Crippen molar-refractivity contribution in [3.05, 3.63) is 16.3 Å². The number of aromatic nitrogens is 2. The number of nitrogens with two attached hydrogens (primary N) is 1. The summed E-state index contributed by atoms with van der Waals surface area (Å²) in [5.41, 5.74) is 0. The highest BCUT2D eigenvalue weighted by Gasteiger charge is 2.28. The van der Waals surface area contributed by atoms with E-state index >= 15 is 0 Å². The predicted molar refractivity (Wildman–Crippen MR) is 70.5 cm³/mol. The van der Waals surface area contributed by atoms with Crippen molar-refractivity contribution in [3.8, 4) is 0 Å². The van der Waals surface area contributed by atoms with Gasteiger partial charge in [0.25, 0.3) is 0 Å². The largest absolute Gasteiger partial charge is 0.410 e. The fourth-order valence-corrected chi connectivity index (χ4v) is 2.05. The molecule has 0 aliphatic carbocycles. The summed E-state index contributed by atoms with van der Waals surface area (Å²) in [6.45, 7) is 5.21. The Morgan fingerprint density at radius 2 is 2.15 bits per heavy atom. The third-order valence-electron chi connectivity index (χ3n) is 2.49. The summed E-state index contributed by atoms with van der Waals surface area (Å²) in [6, 6.07) is 0. The maximum absolute atomic E-state index is 11.2. The second kappa shape index (κ2) is 6.77. The van der Waals surface area contributed by atoms with Crippen molar-refractivity contribution in [2.45, 2.75) is 31.7 Å². The summed E-state index contributed by atoms with van der Waals surface area (Å²) in [5, 5.41) is 19.2. The van der Waals surface area contributed by atoms with E-state index in [4.69, 9.17) is 9.88 Å². The zero-order valence-corrected chi connectivity index (χ0v) is 12.2. The molecule has 0 atom stereocenters. The van der Waals surface area contributed by atoms with E-state index in [0.717, 1.165) is 17.3 Å². The zero-order valence-electron chi connectivity index (χ0n) is 11.4. The molecule has 0 bridgehead atoms. The summed E-state index contributed by atoms with van der Waals surface area (Å²) in [4.78, 5) is 9.24. The molecule has 0 spiro atoms. The van der Waals surface area contributed by atoms with Crippen LogP contribution in [-0.2, 0) is 21.3 Å². The van der Waals surface area contributed by atoms with Crippen LogP contribution in [-0.4, -0.2) is 36.3 Å². The van der Waals surface area contributed by atoms with E-state index in [1.807, 2.05) is 0 Å². The van der Waals surface area contributed by atoms with Crippen LogP contribution < -0.4 is 5.14 Å². The van der Waals surface area contributed by atoms with Crippen LogP contribution in [0.5, 0.6) is 0 Å². The first-order valence-electron chi connectivity index (χ1n) is 6.04. The second-order valence-electron chi connectivity index (χ2n) is 4.68. The van der Waals surface area contributed by atoms with Crippen molar-refractivity contribution in [2.75, 3.05) is 13.2 Å². The number of hydrogen-bond acceptors (Lipinski definition) is 6. The summed E-state index contributed by atoms with van der Waals surface area (Å²) in [5.74, 6) is -0.246. The van der Waals surface area contributed by atoms with E-state index < -0.39 is 25.7 Å². The average molecular weight is 306 g/mol. The molecule has 20 heavy (non-hydrogen) atoms. The van der Waals surface area contributed by atoms with Crippen molar-refractivity contribution in [2.24, 2.45) is 11.1 Å². The van der Waals surface area contributed by atoms with E-state index in [9.17, 15) is 18.5 Å². The fourth-order valence-electron chi connectivity index (χ4n) is 1.41. The number of primary sulfonamides is 1. The molecule has 0 unspecified atom stereocenters. The molecule has 0 aliphatic rings. The molecule has 1 aromatic rings. The minimum atomic E-state index is -4.17. The number of sulfonamides is 1. The van der Waals surface area contributed by atoms with Crippen molar-refractivity contribution < 1.29 is 18.1 Å². The highest BCUT2D eigenvalue weighted by molar-refractivity contribution is 7.89. The van der Waals surface area contributed by atoms with Gasteiger partial charge >= 0.3 is 5.82 Å². The summed E-state index contributed by atoms with van der Waals surface area (Å²) in [6.07, 6.45) is 1.95. The Bertz CT molecular complexity index is 566. The van der Waals surface area contributed by atoms with Gasteiger partial charge in [-0.05, 0) is 17.3 Å². The van der Waals surface area contributed by atoms with Gasteiger partial charge in [-0.2, -0.15) is 4.68 Å². The van der Waals surface area contributed by atoms with Gasteiger partial charge in [0, 0.05) is 6.61 Å². The molecule has 0 saturated carbocycles. The Morgan fingerprint density at radius 3 is 2.60 bits per heavy atom. The monoisotopic (exact) mass is 306 g/mol. The third-order valence-corrected chi connectivity index (χ3v) is 3.39. The van der Waals surface area contributed by atoms with E-state index in [1.165, 1.54) is 0 Å². The Morgan fingerprint density at radius 1 is 1.50 bits per heavy atom. The van der Waals surface area contributed by atoms with Gasteiger partial charge in [0.05, 0.1) is 24.4 Å². The predicted octanol–water partition coefficient (Wildman–Crippen LogP) is 0.501. The minimum absolute atomic E-state index is 0.217. The Hall–Kier alpha value is -1.52. The van der Waals surface area contributed by atoms with Gasteiger partial charge < -0.3 is 14.9 Å².